The van der Waals surface area contributed by atoms with Crippen LogP contribution >= 0.6 is 0 Å². The van der Waals surface area contributed by atoms with Gasteiger partial charge in [-0.3, -0.25) is 4.79 Å². The molecule has 1 atom stereocenters. The summed E-state index contributed by atoms with van der Waals surface area (Å²) in [6, 6.07) is 16.1. The van der Waals surface area contributed by atoms with Crippen LogP contribution in [-0.2, 0) is 11.2 Å². The Morgan fingerprint density at radius 2 is 2.04 bits per heavy atom. The lowest BCUT2D eigenvalue weighted by atomic mass is 9.87. The zero-order chi connectivity index (χ0) is 18.1. The number of hydrogen-bond donors (Lipinski definition) is 1. The van der Waals surface area contributed by atoms with Crippen LogP contribution in [0.3, 0.4) is 0 Å². The van der Waals surface area contributed by atoms with Crippen molar-refractivity contribution >= 4 is 11.7 Å². The van der Waals surface area contributed by atoms with Gasteiger partial charge in [0.2, 0.25) is 5.91 Å². The number of aryl methyl sites for hydroxylation is 1. The Morgan fingerprint density at radius 1 is 1.23 bits per heavy atom. The van der Waals surface area contributed by atoms with Crippen molar-refractivity contribution in [1.82, 2.24) is 9.78 Å². The third kappa shape index (κ3) is 2.86. The number of rotatable bonds is 4. The summed E-state index contributed by atoms with van der Waals surface area (Å²) in [4.78, 5) is 12.4. The number of benzene rings is 2. The first-order valence-electron chi connectivity index (χ1n) is 8.80. The van der Waals surface area contributed by atoms with Gasteiger partial charge in [-0.2, -0.15) is 5.10 Å². The van der Waals surface area contributed by atoms with Crippen LogP contribution in [0.15, 0.2) is 54.7 Å². The van der Waals surface area contributed by atoms with E-state index in [0.717, 1.165) is 34.8 Å². The maximum atomic E-state index is 12.4. The molecular weight excluding hydrogens is 326 g/mol. The molecule has 1 aliphatic rings. The van der Waals surface area contributed by atoms with Crippen molar-refractivity contribution in [2.45, 2.75) is 25.7 Å². The number of anilines is 1. The van der Waals surface area contributed by atoms with Crippen LogP contribution in [0.5, 0.6) is 5.75 Å². The first-order chi connectivity index (χ1) is 12.7. The molecule has 0 radical (unpaired) electrons. The summed E-state index contributed by atoms with van der Waals surface area (Å²) in [5, 5.41) is 7.54. The Hall–Kier alpha value is -3.08. The molecule has 0 aliphatic carbocycles. The lowest BCUT2D eigenvalue weighted by Gasteiger charge is -2.24. The zero-order valence-electron chi connectivity index (χ0n) is 14.9. The summed E-state index contributed by atoms with van der Waals surface area (Å²) in [6.45, 7) is 2.13. The molecule has 5 heteroatoms. The van der Waals surface area contributed by atoms with E-state index in [1.807, 2.05) is 42.6 Å². The van der Waals surface area contributed by atoms with Gasteiger partial charge in [0.15, 0.2) is 0 Å². The number of fused-ring (bicyclic) bond motifs is 1. The fraction of sp³-hybridized carbons (Fsp3) is 0.238. The van der Waals surface area contributed by atoms with Gasteiger partial charge in [-0.05, 0) is 41.8 Å². The number of nitrogens with one attached hydrogen (secondary N) is 1. The average Bonchev–Trinajstić information content (AvgIpc) is 3.11. The maximum Gasteiger partial charge on any atom is 0.226 e. The smallest absolute Gasteiger partial charge is 0.226 e. The zero-order valence-corrected chi connectivity index (χ0v) is 14.9. The number of amides is 1. The number of hydrogen-bond acceptors (Lipinski definition) is 3. The maximum absolute atomic E-state index is 12.4. The largest absolute Gasteiger partial charge is 0.497 e. The molecule has 2 heterocycles. The summed E-state index contributed by atoms with van der Waals surface area (Å²) < 4.78 is 7.14. The first-order valence-corrected chi connectivity index (χ1v) is 8.80. The molecule has 0 fully saturated rings. The predicted molar refractivity (Wildman–Crippen MR) is 101 cm³/mol. The van der Waals surface area contributed by atoms with E-state index >= 15 is 0 Å². The van der Waals surface area contributed by atoms with E-state index in [0.29, 0.717) is 6.42 Å². The summed E-state index contributed by atoms with van der Waals surface area (Å²) in [7, 11) is 1.65. The number of methoxy groups -OCH3 is 1. The van der Waals surface area contributed by atoms with Crippen LogP contribution < -0.4 is 10.1 Å². The van der Waals surface area contributed by atoms with Crippen LogP contribution in [0.2, 0.25) is 0 Å². The Labute approximate surface area is 152 Å². The van der Waals surface area contributed by atoms with Crippen molar-refractivity contribution in [3.8, 4) is 11.4 Å². The fourth-order valence-corrected chi connectivity index (χ4v) is 3.44. The number of aromatic nitrogens is 2. The minimum absolute atomic E-state index is 0.00255. The van der Waals surface area contributed by atoms with E-state index in [1.165, 1.54) is 5.56 Å². The molecule has 0 saturated carbocycles. The molecule has 132 valence electrons. The van der Waals surface area contributed by atoms with E-state index in [-0.39, 0.29) is 11.8 Å². The minimum atomic E-state index is -0.0301. The fourth-order valence-electron chi connectivity index (χ4n) is 3.44. The highest BCUT2D eigenvalue weighted by Gasteiger charge is 2.30. The van der Waals surface area contributed by atoms with Crippen LogP contribution in [0.25, 0.3) is 5.69 Å². The van der Waals surface area contributed by atoms with Crippen molar-refractivity contribution in [3.63, 3.8) is 0 Å². The van der Waals surface area contributed by atoms with Crippen molar-refractivity contribution in [3.05, 3.63) is 71.4 Å². The second kappa shape index (κ2) is 6.67. The molecule has 5 nitrogen and oxygen atoms in total. The van der Waals surface area contributed by atoms with E-state index in [1.54, 1.807) is 11.8 Å². The number of carbonyl (C=O) groups excluding carboxylic acids is 1. The molecule has 3 aromatic rings. The topological polar surface area (TPSA) is 56.2 Å². The van der Waals surface area contributed by atoms with E-state index in [9.17, 15) is 4.79 Å². The Bertz CT molecular complexity index is 944. The molecule has 2 aromatic carbocycles. The highest BCUT2D eigenvalue weighted by Crippen LogP contribution is 2.38. The Kier molecular flexibility index (Phi) is 4.21. The van der Waals surface area contributed by atoms with Crippen LogP contribution in [0.4, 0.5) is 5.82 Å². The van der Waals surface area contributed by atoms with Gasteiger partial charge in [-0.1, -0.05) is 31.2 Å². The molecule has 1 unspecified atom stereocenters. The second-order valence-corrected chi connectivity index (χ2v) is 6.46. The average molecular weight is 347 g/mol. The summed E-state index contributed by atoms with van der Waals surface area (Å²) >= 11 is 0. The molecule has 1 aromatic heterocycles. The van der Waals surface area contributed by atoms with E-state index in [2.05, 4.69) is 29.5 Å². The lowest BCUT2D eigenvalue weighted by molar-refractivity contribution is -0.116. The first kappa shape index (κ1) is 16.4. The van der Waals surface area contributed by atoms with Crippen molar-refractivity contribution in [1.29, 1.82) is 0 Å². The Balaban J connectivity index is 1.76. The van der Waals surface area contributed by atoms with Crippen molar-refractivity contribution in [2.75, 3.05) is 12.4 Å². The molecule has 1 amide bonds. The molecule has 1 N–H and O–H groups in total. The van der Waals surface area contributed by atoms with Gasteiger partial charge in [-0.25, -0.2) is 4.68 Å². The molecular formula is C21H21N3O2. The van der Waals surface area contributed by atoms with Gasteiger partial charge in [0, 0.05) is 17.9 Å². The normalized spacial score (nSPS) is 16.1. The van der Waals surface area contributed by atoms with Gasteiger partial charge in [0.25, 0.3) is 0 Å². The monoisotopic (exact) mass is 347 g/mol. The van der Waals surface area contributed by atoms with Gasteiger partial charge >= 0.3 is 0 Å². The number of ether oxygens (including phenoxy) is 1. The third-order valence-corrected chi connectivity index (χ3v) is 4.91. The number of carbonyl (C=O) groups is 1. The molecule has 0 spiro atoms. The summed E-state index contributed by atoms with van der Waals surface area (Å²) in [5.74, 6) is 1.51. The molecule has 0 bridgehead atoms. The van der Waals surface area contributed by atoms with Gasteiger partial charge < -0.3 is 10.1 Å². The van der Waals surface area contributed by atoms with Gasteiger partial charge in [0.1, 0.15) is 11.6 Å². The Morgan fingerprint density at radius 3 is 2.77 bits per heavy atom. The standard InChI is InChI=1S/C21H21N3O2/c1-3-14-7-9-16(10-8-14)24-21-19(13-22-24)18(12-20(25)23-21)15-5-4-6-17(11-15)26-2/h4-11,13,18H,3,12H2,1-2H3,(H,23,25). The third-order valence-electron chi connectivity index (χ3n) is 4.91. The van der Waals surface area contributed by atoms with Crippen LogP contribution in [0, 0.1) is 0 Å². The second-order valence-electron chi connectivity index (χ2n) is 6.46. The number of nitrogens with zero attached hydrogens (tertiary/aromatic N) is 2. The van der Waals surface area contributed by atoms with Gasteiger partial charge in [0.05, 0.1) is 19.0 Å². The van der Waals surface area contributed by atoms with Crippen LogP contribution in [-0.4, -0.2) is 22.8 Å². The van der Waals surface area contributed by atoms with Gasteiger partial charge in [-0.15, -0.1) is 0 Å². The quantitative estimate of drug-likeness (QED) is 0.778. The summed E-state index contributed by atoms with van der Waals surface area (Å²) in [5.41, 5.74) is 4.29. The summed E-state index contributed by atoms with van der Waals surface area (Å²) in [6.07, 6.45) is 3.25. The molecule has 1 aliphatic heterocycles. The van der Waals surface area contributed by atoms with E-state index < -0.39 is 0 Å². The highest BCUT2D eigenvalue weighted by atomic mass is 16.5. The predicted octanol–water partition coefficient (Wildman–Crippen LogP) is 3.92. The van der Waals surface area contributed by atoms with Crippen LogP contribution in [0.1, 0.15) is 36.0 Å². The SMILES string of the molecule is CCc1ccc(-n2ncc3c2NC(=O)CC3c2cccc(OC)c2)cc1. The van der Waals surface area contributed by atoms with Crippen molar-refractivity contribution in [2.24, 2.45) is 0 Å². The molecule has 0 saturated heterocycles. The minimum Gasteiger partial charge on any atom is -0.497 e. The molecule has 4 rings (SSSR count). The highest BCUT2D eigenvalue weighted by molar-refractivity contribution is 5.94. The molecule has 26 heavy (non-hydrogen) atoms. The lowest BCUT2D eigenvalue weighted by Crippen LogP contribution is -2.24. The van der Waals surface area contributed by atoms with Crippen molar-refractivity contribution < 1.29 is 9.53 Å². The van der Waals surface area contributed by atoms with E-state index in [4.69, 9.17) is 4.74 Å².